The third-order valence-electron chi connectivity index (χ3n) is 3.58. The van der Waals surface area contributed by atoms with Gasteiger partial charge in [0, 0.05) is 25.4 Å². The summed E-state index contributed by atoms with van der Waals surface area (Å²) >= 11 is 0. The zero-order valence-corrected chi connectivity index (χ0v) is 13.9. The van der Waals surface area contributed by atoms with E-state index in [-0.39, 0.29) is 5.91 Å². The lowest BCUT2D eigenvalue weighted by molar-refractivity contribution is -0.123. The Morgan fingerprint density at radius 2 is 2.17 bits per heavy atom. The van der Waals surface area contributed by atoms with E-state index in [1.807, 2.05) is 44.4 Å². The molecule has 6 nitrogen and oxygen atoms in total. The van der Waals surface area contributed by atoms with Crippen LogP contribution in [0.5, 0.6) is 5.75 Å². The Labute approximate surface area is 136 Å². The highest BCUT2D eigenvalue weighted by molar-refractivity contribution is 5.83. The number of nitrogens with zero attached hydrogens (tertiary/aromatic N) is 2. The molecule has 0 bridgehead atoms. The Morgan fingerprint density at radius 3 is 2.83 bits per heavy atom. The van der Waals surface area contributed by atoms with Gasteiger partial charge in [0.15, 0.2) is 0 Å². The van der Waals surface area contributed by atoms with Crippen LogP contribution in [-0.2, 0) is 18.3 Å². The van der Waals surface area contributed by atoms with Crippen molar-refractivity contribution in [3.63, 3.8) is 0 Å². The fourth-order valence-electron chi connectivity index (χ4n) is 2.47. The number of carbonyl (C=O) groups is 1. The second-order valence-corrected chi connectivity index (χ2v) is 5.25. The fourth-order valence-corrected chi connectivity index (χ4v) is 2.47. The SMILES string of the molecule is CCOc1ccccc1CCNC(=O)C(NC)c1cnn(C)c1. The molecule has 1 aromatic heterocycles. The smallest absolute Gasteiger partial charge is 0.241 e. The zero-order valence-electron chi connectivity index (χ0n) is 13.9. The summed E-state index contributed by atoms with van der Waals surface area (Å²) < 4.78 is 7.28. The van der Waals surface area contributed by atoms with Crippen LogP contribution in [0.15, 0.2) is 36.7 Å². The molecule has 1 aromatic carbocycles. The van der Waals surface area contributed by atoms with E-state index in [0.717, 1.165) is 23.3 Å². The lowest BCUT2D eigenvalue weighted by Gasteiger charge is -2.15. The molecular weight excluding hydrogens is 292 g/mol. The minimum absolute atomic E-state index is 0.0607. The van der Waals surface area contributed by atoms with E-state index in [1.165, 1.54) is 0 Å². The maximum Gasteiger partial charge on any atom is 0.241 e. The summed E-state index contributed by atoms with van der Waals surface area (Å²) in [6, 6.07) is 7.50. The molecule has 0 aliphatic carbocycles. The molecule has 1 atom stereocenters. The van der Waals surface area contributed by atoms with Gasteiger partial charge in [0.05, 0.1) is 12.8 Å². The number of hydrogen-bond acceptors (Lipinski definition) is 4. The second kappa shape index (κ2) is 8.33. The predicted octanol–water partition coefficient (Wildman–Crippen LogP) is 1.44. The number of benzene rings is 1. The monoisotopic (exact) mass is 316 g/mol. The van der Waals surface area contributed by atoms with Crippen molar-refractivity contribution < 1.29 is 9.53 Å². The molecule has 2 aromatic rings. The van der Waals surface area contributed by atoms with Crippen molar-refractivity contribution in [3.05, 3.63) is 47.8 Å². The molecule has 124 valence electrons. The molecule has 0 fully saturated rings. The first-order valence-electron chi connectivity index (χ1n) is 7.80. The maximum absolute atomic E-state index is 12.3. The molecular formula is C17H24N4O2. The number of para-hydroxylation sites is 1. The van der Waals surface area contributed by atoms with Crippen molar-refractivity contribution in [1.82, 2.24) is 20.4 Å². The highest BCUT2D eigenvalue weighted by atomic mass is 16.5. The van der Waals surface area contributed by atoms with Gasteiger partial charge in [-0.05, 0) is 32.0 Å². The first-order valence-corrected chi connectivity index (χ1v) is 7.80. The van der Waals surface area contributed by atoms with E-state index >= 15 is 0 Å². The molecule has 2 rings (SSSR count). The minimum atomic E-state index is -0.397. The number of carbonyl (C=O) groups excluding carboxylic acids is 1. The van der Waals surface area contributed by atoms with Crippen molar-refractivity contribution in [2.75, 3.05) is 20.2 Å². The number of ether oxygens (including phenoxy) is 1. The van der Waals surface area contributed by atoms with Gasteiger partial charge in [0.1, 0.15) is 11.8 Å². The average molecular weight is 316 g/mol. The summed E-state index contributed by atoms with van der Waals surface area (Å²) in [6.45, 7) is 3.15. The van der Waals surface area contributed by atoms with E-state index in [0.29, 0.717) is 13.2 Å². The first kappa shape index (κ1) is 17.0. The molecule has 23 heavy (non-hydrogen) atoms. The van der Waals surface area contributed by atoms with E-state index in [1.54, 1.807) is 17.9 Å². The first-order chi connectivity index (χ1) is 11.2. The molecule has 1 amide bonds. The maximum atomic E-state index is 12.3. The van der Waals surface area contributed by atoms with Crippen LogP contribution in [0.25, 0.3) is 0 Å². The van der Waals surface area contributed by atoms with Gasteiger partial charge in [-0.25, -0.2) is 0 Å². The largest absolute Gasteiger partial charge is 0.494 e. The Hall–Kier alpha value is -2.34. The third kappa shape index (κ3) is 4.56. The topological polar surface area (TPSA) is 68.2 Å². The summed E-state index contributed by atoms with van der Waals surface area (Å²) in [7, 11) is 3.60. The average Bonchev–Trinajstić information content (AvgIpc) is 2.96. The van der Waals surface area contributed by atoms with Crippen LogP contribution in [0.4, 0.5) is 0 Å². The van der Waals surface area contributed by atoms with E-state index < -0.39 is 6.04 Å². The summed E-state index contributed by atoms with van der Waals surface area (Å²) in [5.74, 6) is 0.816. The summed E-state index contributed by atoms with van der Waals surface area (Å²) in [5, 5.41) is 10.1. The predicted molar refractivity (Wildman–Crippen MR) is 89.3 cm³/mol. The van der Waals surface area contributed by atoms with Gasteiger partial charge in [0.25, 0.3) is 0 Å². The van der Waals surface area contributed by atoms with Crippen molar-refractivity contribution >= 4 is 5.91 Å². The molecule has 0 aliphatic rings. The molecule has 0 saturated carbocycles. The number of hydrogen-bond donors (Lipinski definition) is 2. The van der Waals surface area contributed by atoms with Gasteiger partial charge >= 0.3 is 0 Å². The number of aromatic nitrogens is 2. The molecule has 0 radical (unpaired) electrons. The standard InChI is InChI=1S/C17H24N4O2/c1-4-23-15-8-6-5-7-13(15)9-10-19-17(22)16(18-2)14-11-20-21(3)12-14/h5-8,11-12,16,18H,4,9-10H2,1-3H3,(H,19,22). The molecule has 2 N–H and O–H groups in total. The van der Waals surface area contributed by atoms with Crippen LogP contribution in [-0.4, -0.2) is 35.9 Å². The van der Waals surface area contributed by atoms with E-state index in [9.17, 15) is 4.79 Å². The highest BCUT2D eigenvalue weighted by Crippen LogP contribution is 2.18. The Morgan fingerprint density at radius 1 is 1.39 bits per heavy atom. The Balaban J connectivity index is 1.91. The van der Waals surface area contributed by atoms with Crippen molar-refractivity contribution in [2.24, 2.45) is 7.05 Å². The molecule has 1 unspecified atom stereocenters. The van der Waals surface area contributed by atoms with Crippen molar-refractivity contribution in [3.8, 4) is 5.75 Å². The summed E-state index contributed by atoms with van der Waals surface area (Å²) in [6.07, 6.45) is 4.27. The van der Waals surface area contributed by atoms with E-state index in [2.05, 4.69) is 15.7 Å². The van der Waals surface area contributed by atoms with Crippen LogP contribution < -0.4 is 15.4 Å². The Bertz CT molecular complexity index is 639. The number of rotatable bonds is 8. The molecule has 0 saturated heterocycles. The zero-order chi connectivity index (χ0) is 16.7. The summed E-state index contributed by atoms with van der Waals surface area (Å²) in [5.41, 5.74) is 1.94. The number of amides is 1. The normalized spacial score (nSPS) is 12.0. The minimum Gasteiger partial charge on any atom is -0.494 e. The number of aryl methyl sites for hydroxylation is 1. The lowest BCUT2D eigenvalue weighted by atomic mass is 10.1. The molecule has 6 heteroatoms. The lowest BCUT2D eigenvalue weighted by Crippen LogP contribution is -2.36. The van der Waals surface area contributed by atoms with Gasteiger partial charge in [-0.2, -0.15) is 5.10 Å². The van der Waals surface area contributed by atoms with Gasteiger partial charge in [-0.3, -0.25) is 9.48 Å². The van der Waals surface area contributed by atoms with Crippen molar-refractivity contribution in [2.45, 2.75) is 19.4 Å². The fraction of sp³-hybridized carbons (Fsp3) is 0.412. The summed E-state index contributed by atoms with van der Waals surface area (Å²) in [4.78, 5) is 12.3. The second-order valence-electron chi connectivity index (χ2n) is 5.25. The van der Waals surface area contributed by atoms with Crippen LogP contribution in [0.3, 0.4) is 0 Å². The molecule has 0 spiro atoms. The van der Waals surface area contributed by atoms with Gasteiger partial charge in [0.2, 0.25) is 5.91 Å². The highest BCUT2D eigenvalue weighted by Gasteiger charge is 2.19. The molecule has 1 heterocycles. The van der Waals surface area contributed by atoms with Gasteiger partial charge < -0.3 is 15.4 Å². The van der Waals surface area contributed by atoms with Crippen molar-refractivity contribution in [1.29, 1.82) is 0 Å². The van der Waals surface area contributed by atoms with Crippen LogP contribution in [0, 0.1) is 0 Å². The molecule has 0 aliphatic heterocycles. The number of nitrogens with one attached hydrogen (secondary N) is 2. The van der Waals surface area contributed by atoms with Crippen LogP contribution >= 0.6 is 0 Å². The van der Waals surface area contributed by atoms with E-state index in [4.69, 9.17) is 4.74 Å². The van der Waals surface area contributed by atoms with Crippen LogP contribution in [0.1, 0.15) is 24.1 Å². The Kier molecular flexibility index (Phi) is 6.17. The van der Waals surface area contributed by atoms with Gasteiger partial charge in [-0.1, -0.05) is 18.2 Å². The quantitative estimate of drug-likeness (QED) is 0.773. The van der Waals surface area contributed by atoms with Crippen LogP contribution in [0.2, 0.25) is 0 Å². The third-order valence-corrected chi connectivity index (χ3v) is 3.58. The van der Waals surface area contributed by atoms with Gasteiger partial charge in [-0.15, -0.1) is 0 Å². The number of likely N-dealkylation sites (N-methyl/N-ethyl adjacent to an activating group) is 1.